The van der Waals surface area contributed by atoms with Crippen molar-refractivity contribution in [1.29, 1.82) is 5.26 Å². The second kappa shape index (κ2) is 10.4. The number of likely N-dealkylation sites (N-methyl/N-ethyl adjacent to an activating group) is 1. The Labute approximate surface area is 186 Å². The molecule has 0 saturated carbocycles. The van der Waals surface area contributed by atoms with Crippen molar-refractivity contribution in [2.75, 3.05) is 46.3 Å². The average Bonchev–Trinajstić information content (AvgIpc) is 2.98. The molecule has 2 saturated heterocycles. The van der Waals surface area contributed by atoms with E-state index in [9.17, 15) is 10.4 Å². The van der Waals surface area contributed by atoms with E-state index in [1.54, 1.807) is 0 Å². The third kappa shape index (κ3) is 5.93. The molecular formula is C26H34N4O. The van der Waals surface area contributed by atoms with Gasteiger partial charge in [0.2, 0.25) is 0 Å². The van der Waals surface area contributed by atoms with Crippen LogP contribution in [0, 0.1) is 11.3 Å². The summed E-state index contributed by atoms with van der Waals surface area (Å²) in [6.45, 7) is 8.04. The average molecular weight is 419 g/mol. The van der Waals surface area contributed by atoms with E-state index in [0.717, 1.165) is 81.9 Å². The van der Waals surface area contributed by atoms with E-state index in [2.05, 4.69) is 70.3 Å². The largest absolute Gasteiger partial charge is 0.392 e. The predicted octanol–water partition coefficient (Wildman–Crippen LogP) is 3.32. The summed E-state index contributed by atoms with van der Waals surface area (Å²) in [5.74, 6) is 0. The molecule has 0 aromatic heterocycles. The van der Waals surface area contributed by atoms with E-state index in [1.165, 1.54) is 17.5 Å². The molecule has 2 aromatic carbocycles. The van der Waals surface area contributed by atoms with Crippen molar-refractivity contribution in [3.05, 3.63) is 59.2 Å². The van der Waals surface area contributed by atoms with Crippen LogP contribution in [-0.4, -0.2) is 72.2 Å². The second-order valence-electron chi connectivity index (χ2n) is 9.15. The molecule has 2 aromatic rings. The number of rotatable bonds is 5. The van der Waals surface area contributed by atoms with Gasteiger partial charge >= 0.3 is 0 Å². The van der Waals surface area contributed by atoms with E-state index in [1.807, 2.05) is 0 Å². The molecule has 2 aliphatic heterocycles. The molecule has 0 bridgehead atoms. The van der Waals surface area contributed by atoms with Crippen LogP contribution in [0.2, 0.25) is 0 Å². The monoisotopic (exact) mass is 418 g/mol. The van der Waals surface area contributed by atoms with Crippen molar-refractivity contribution in [3.8, 4) is 17.2 Å². The van der Waals surface area contributed by atoms with Crippen LogP contribution in [-0.2, 0) is 13.1 Å². The zero-order valence-corrected chi connectivity index (χ0v) is 18.6. The van der Waals surface area contributed by atoms with E-state index >= 15 is 0 Å². The van der Waals surface area contributed by atoms with Gasteiger partial charge in [-0.3, -0.25) is 9.80 Å². The summed E-state index contributed by atoms with van der Waals surface area (Å²) < 4.78 is 0. The van der Waals surface area contributed by atoms with Gasteiger partial charge in [-0.15, -0.1) is 0 Å². The first kappa shape index (κ1) is 22.0. The van der Waals surface area contributed by atoms with Gasteiger partial charge in [-0.2, -0.15) is 5.26 Å². The normalized spacial score (nSPS) is 21.5. The minimum Gasteiger partial charge on any atom is -0.392 e. The summed E-state index contributed by atoms with van der Waals surface area (Å²) in [5, 5.41) is 19.7. The molecule has 1 atom stereocenters. The molecule has 31 heavy (non-hydrogen) atoms. The summed E-state index contributed by atoms with van der Waals surface area (Å²) in [6.07, 6.45) is 2.98. The Morgan fingerprint density at radius 1 is 0.903 bits per heavy atom. The van der Waals surface area contributed by atoms with Crippen LogP contribution in [0.3, 0.4) is 0 Å². The number of hydrogen-bond donors (Lipinski definition) is 1. The lowest BCUT2D eigenvalue weighted by Crippen LogP contribution is -2.37. The molecule has 2 heterocycles. The smallest absolute Gasteiger partial charge is 0.0998 e. The SMILES string of the molecule is CN1CCCN(Cc2ccc(-c3ccc(CN4CCCC(O)C4)cc3)c(C#N)c2)CC1. The fourth-order valence-electron chi connectivity index (χ4n) is 4.77. The standard InChI is InChI=1S/C26H34N4O/c1-28-11-3-13-29(15-14-28)19-22-7-10-26(24(16-22)17-27)23-8-5-21(6-9-23)18-30-12-2-4-25(31)20-30/h5-10,16,25,31H,2-4,11-15,18-20H2,1H3. The van der Waals surface area contributed by atoms with Crippen molar-refractivity contribution in [2.45, 2.75) is 38.5 Å². The van der Waals surface area contributed by atoms with E-state index in [0.29, 0.717) is 0 Å². The highest BCUT2D eigenvalue weighted by Gasteiger charge is 2.18. The molecule has 0 amide bonds. The Balaban J connectivity index is 1.43. The second-order valence-corrected chi connectivity index (χ2v) is 9.15. The lowest BCUT2D eigenvalue weighted by Gasteiger charge is -2.30. The maximum atomic E-state index is 9.88. The van der Waals surface area contributed by atoms with Crippen LogP contribution in [0.25, 0.3) is 11.1 Å². The summed E-state index contributed by atoms with van der Waals surface area (Å²) in [5.41, 5.74) is 5.30. The first-order chi connectivity index (χ1) is 15.1. The molecule has 2 fully saturated rings. The number of nitriles is 1. The topological polar surface area (TPSA) is 53.7 Å². The number of hydrogen-bond acceptors (Lipinski definition) is 5. The van der Waals surface area contributed by atoms with E-state index < -0.39 is 0 Å². The summed E-state index contributed by atoms with van der Waals surface area (Å²) in [6, 6.07) is 17.3. The van der Waals surface area contributed by atoms with Crippen molar-refractivity contribution < 1.29 is 5.11 Å². The molecule has 164 valence electrons. The Bertz CT molecular complexity index is 905. The minimum atomic E-state index is -0.194. The zero-order chi connectivity index (χ0) is 21.6. The third-order valence-corrected chi connectivity index (χ3v) is 6.57. The highest BCUT2D eigenvalue weighted by Crippen LogP contribution is 2.26. The maximum absolute atomic E-state index is 9.88. The van der Waals surface area contributed by atoms with Gasteiger partial charge < -0.3 is 10.0 Å². The number of aliphatic hydroxyl groups is 1. The first-order valence-electron chi connectivity index (χ1n) is 11.5. The zero-order valence-electron chi connectivity index (χ0n) is 18.6. The quantitative estimate of drug-likeness (QED) is 0.807. The van der Waals surface area contributed by atoms with Gasteiger partial charge in [0, 0.05) is 32.7 Å². The molecule has 5 heteroatoms. The molecule has 5 nitrogen and oxygen atoms in total. The van der Waals surface area contributed by atoms with Gasteiger partial charge in [-0.1, -0.05) is 36.4 Å². The highest BCUT2D eigenvalue weighted by molar-refractivity contribution is 5.71. The Morgan fingerprint density at radius 2 is 1.65 bits per heavy atom. The minimum absolute atomic E-state index is 0.194. The molecular weight excluding hydrogens is 384 g/mol. The van der Waals surface area contributed by atoms with Gasteiger partial charge in [0.25, 0.3) is 0 Å². The molecule has 0 aliphatic carbocycles. The molecule has 0 spiro atoms. The first-order valence-corrected chi connectivity index (χ1v) is 11.5. The molecule has 0 radical (unpaired) electrons. The van der Waals surface area contributed by atoms with Crippen molar-refractivity contribution in [2.24, 2.45) is 0 Å². The van der Waals surface area contributed by atoms with E-state index in [-0.39, 0.29) is 6.10 Å². The number of β-amino-alcohol motifs (C(OH)–C–C–N with tert-alkyl or cyclic N) is 1. The lowest BCUT2D eigenvalue weighted by molar-refractivity contribution is 0.0668. The number of aliphatic hydroxyl groups excluding tert-OH is 1. The van der Waals surface area contributed by atoms with Gasteiger partial charge in [0.1, 0.15) is 0 Å². The fourth-order valence-corrected chi connectivity index (χ4v) is 4.77. The van der Waals surface area contributed by atoms with E-state index in [4.69, 9.17) is 0 Å². The van der Waals surface area contributed by atoms with Crippen LogP contribution in [0.4, 0.5) is 0 Å². The maximum Gasteiger partial charge on any atom is 0.0998 e. The Hall–Kier alpha value is -2.23. The fraction of sp³-hybridized carbons (Fsp3) is 0.500. The number of likely N-dealkylation sites (tertiary alicyclic amines) is 1. The lowest BCUT2D eigenvalue weighted by atomic mass is 9.97. The predicted molar refractivity (Wildman–Crippen MR) is 125 cm³/mol. The molecule has 4 rings (SSSR count). The number of piperidine rings is 1. The van der Waals surface area contributed by atoms with Gasteiger partial charge in [0.15, 0.2) is 0 Å². The van der Waals surface area contributed by atoms with Crippen LogP contribution < -0.4 is 0 Å². The number of nitrogens with zero attached hydrogens (tertiary/aromatic N) is 4. The summed E-state index contributed by atoms with van der Waals surface area (Å²) in [7, 11) is 2.19. The van der Waals surface area contributed by atoms with Crippen LogP contribution in [0.1, 0.15) is 36.0 Å². The van der Waals surface area contributed by atoms with Gasteiger partial charge in [0.05, 0.1) is 17.7 Å². The Morgan fingerprint density at radius 3 is 2.42 bits per heavy atom. The Kier molecular flexibility index (Phi) is 7.37. The molecule has 1 N–H and O–H groups in total. The van der Waals surface area contributed by atoms with Gasteiger partial charge in [-0.05, 0) is 74.3 Å². The third-order valence-electron chi connectivity index (χ3n) is 6.57. The molecule has 1 unspecified atom stereocenters. The van der Waals surface area contributed by atoms with Crippen molar-refractivity contribution >= 4 is 0 Å². The van der Waals surface area contributed by atoms with Crippen LogP contribution >= 0.6 is 0 Å². The number of benzene rings is 2. The van der Waals surface area contributed by atoms with Crippen molar-refractivity contribution in [3.63, 3.8) is 0 Å². The molecule has 2 aliphatic rings. The highest BCUT2D eigenvalue weighted by atomic mass is 16.3. The summed E-state index contributed by atoms with van der Waals surface area (Å²) >= 11 is 0. The van der Waals surface area contributed by atoms with Crippen LogP contribution in [0.15, 0.2) is 42.5 Å². The summed E-state index contributed by atoms with van der Waals surface area (Å²) in [4.78, 5) is 7.20. The van der Waals surface area contributed by atoms with Crippen molar-refractivity contribution in [1.82, 2.24) is 14.7 Å². The van der Waals surface area contributed by atoms with Gasteiger partial charge in [-0.25, -0.2) is 0 Å². The van der Waals surface area contributed by atoms with Crippen LogP contribution in [0.5, 0.6) is 0 Å².